The number of anilines is 1. The van der Waals surface area contributed by atoms with Crippen LogP contribution in [0, 0.1) is 18.7 Å². The molecule has 2 saturated heterocycles. The van der Waals surface area contributed by atoms with Gasteiger partial charge in [0.05, 0.1) is 12.2 Å². The number of rotatable bonds is 8. The Hall–Kier alpha value is -3.05. The van der Waals surface area contributed by atoms with Gasteiger partial charge in [0.1, 0.15) is 24.2 Å². The van der Waals surface area contributed by atoms with Crippen LogP contribution in [0.5, 0.6) is 11.5 Å². The third kappa shape index (κ3) is 17.2. The SMILES string of the molecule is C.C1CCCCC1.CCCN1C(CC)CCCC1CC.N=C(N)C(/C=C(\N)c1cccc(F)c1O)=C1/C=CC=CN1.O=C1CCC(N2CCOc3ccccc32)C(=O)N1.[CH3-].[Cs+]. The van der Waals surface area contributed by atoms with E-state index in [0.717, 1.165) is 29.6 Å². The maximum absolute atomic E-state index is 13.3. The van der Waals surface area contributed by atoms with Crippen LogP contribution in [0.3, 0.4) is 0 Å². The number of phenols is 1. The molecule has 3 unspecified atom stereocenters. The number of amidine groups is 1. The van der Waals surface area contributed by atoms with Gasteiger partial charge < -0.3 is 39.0 Å². The number of imide groups is 1. The maximum Gasteiger partial charge on any atom is 1.00 e. The van der Waals surface area contributed by atoms with Crippen molar-refractivity contribution < 1.29 is 92.7 Å². The second-order valence-corrected chi connectivity index (χ2v) is 15.2. The number of halogens is 1. The average molecular weight is 964 g/mol. The minimum atomic E-state index is -0.764. The van der Waals surface area contributed by atoms with Crippen LogP contribution in [0.25, 0.3) is 5.70 Å². The summed E-state index contributed by atoms with van der Waals surface area (Å²) >= 11 is 0. The van der Waals surface area contributed by atoms with Gasteiger partial charge in [-0.1, -0.05) is 97.4 Å². The molecule has 2 aromatic rings. The summed E-state index contributed by atoms with van der Waals surface area (Å²) in [5, 5.41) is 22.7. The average Bonchev–Trinajstić information content (AvgIpc) is 3.25. The molecule has 4 aliphatic heterocycles. The van der Waals surface area contributed by atoms with E-state index in [1.54, 1.807) is 24.4 Å². The second kappa shape index (κ2) is 30.1. The first-order valence-electron chi connectivity index (χ1n) is 21.3. The van der Waals surface area contributed by atoms with Crippen LogP contribution < -0.4 is 101 Å². The first-order chi connectivity index (χ1) is 28.1. The van der Waals surface area contributed by atoms with Crippen molar-refractivity contribution in [1.29, 1.82) is 5.41 Å². The zero-order valence-corrected chi connectivity index (χ0v) is 43.1. The molecule has 2 amide bonds. The Kier molecular flexibility index (Phi) is 27.6. The Morgan fingerprint density at radius 1 is 0.934 bits per heavy atom. The molecule has 11 nitrogen and oxygen atoms in total. The standard InChI is InChI=1S/C15H15FN4O.C13H14N2O3.C12H25N.C6H12.CH4.CH3.Cs/c16-11-5-3-4-9(14(11)21)12(17)8-10(15(18)19)13-6-1-2-7-20-13;16-12-6-5-10(13(17)14-12)15-7-8-18-11-4-2-1-3-9(11)15;1-4-10-13-11(5-2)8-7-9-12(13)6-3;1-2-4-6-5-3-1;;;/h1-8,20-21H,17H2,(H3,18,19);1-4,10H,5-8H2,(H,14,16,17);11-12H,4-10H2,1-3H3;1-6H2;1H4;1H3;/q;;;;;-1;+1/b12-8-,13-10-;;;;;;. The number of likely N-dealkylation sites (tertiary alicyclic amines) is 1. The number of nitrogens with two attached hydrogens (primary N) is 2. The van der Waals surface area contributed by atoms with Crippen molar-refractivity contribution in [1.82, 2.24) is 15.5 Å². The summed E-state index contributed by atoms with van der Waals surface area (Å²) in [7, 11) is 0. The largest absolute Gasteiger partial charge is 1.00 e. The van der Waals surface area contributed by atoms with Gasteiger partial charge in [-0.25, -0.2) is 4.39 Å². The molecule has 4 heterocycles. The van der Waals surface area contributed by atoms with Gasteiger partial charge in [0.15, 0.2) is 11.6 Å². The topological polar surface area (TPSA) is 170 Å². The van der Waals surface area contributed by atoms with Crippen molar-refractivity contribution in [3.8, 4) is 11.5 Å². The number of hydrogen-bond donors (Lipinski definition) is 6. The molecule has 0 spiro atoms. The number of benzene rings is 2. The van der Waals surface area contributed by atoms with Crippen molar-refractivity contribution >= 4 is 29.0 Å². The number of hydrogen-bond acceptors (Lipinski definition) is 9. The van der Waals surface area contributed by atoms with E-state index < -0.39 is 11.6 Å². The normalized spacial score (nSPS) is 21.4. The number of dihydropyridines is 1. The fraction of sp³-hybridized carbons (Fsp3) is 0.500. The molecule has 3 fully saturated rings. The summed E-state index contributed by atoms with van der Waals surface area (Å²) in [4.78, 5) is 27.9. The first-order valence-corrected chi connectivity index (χ1v) is 21.3. The van der Waals surface area contributed by atoms with E-state index in [1.165, 1.54) is 102 Å². The molecule has 8 N–H and O–H groups in total. The second-order valence-electron chi connectivity index (χ2n) is 15.2. The fourth-order valence-corrected chi connectivity index (χ4v) is 8.12. The molecule has 7 rings (SSSR count). The maximum atomic E-state index is 13.3. The van der Waals surface area contributed by atoms with E-state index in [0.29, 0.717) is 37.3 Å². The van der Waals surface area contributed by atoms with E-state index in [1.807, 2.05) is 29.2 Å². The number of nitrogens with zero attached hydrogens (tertiary/aromatic N) is 2. The van der Waals surface area contributed by atoms with Gasteiger partial charge >= 0.3 is 68.9 Å². The van der Waals surface area contributed by atoms with Crippen molar-refractivity contribution in [2.45, 2.75) is 136 Å². The monoisotopic (exact) mass is 963 g/mol. The van der Waals surface area contributed by atoms with Gasteiger partial charge in [0.2, 0.25) is 11.8 Å². The third-order valence-electron chi connectivity index (χ3n) is 11.2. The van der Waals surface area contributed by atoms with E-state index in [2.05, 4.69) is 36.3 Å². The molecule has 2 aromatic carbocycles. The summed E-state index contributed by atoms with van der Waals surface area (Å²) in [6.07, 6.45) is 26.7. The van der Waals surface area contributed by atoms with Crippen LogP contribution in [0.15, 0.2) is 84.2 Å². The van der Waals surface area contributed by atoms with E-state index >= 15 is 0 Å². The minimum absolute atomic E-state index is 0. The Morgan fingerprint density at radius 3 is 2.13 bits per heavy atom. The molecule has 1 saturated carbocycles. The zero-order chi connectivity index (χ0) is 41.9. The Balaban J connectivity index is 0.000000425. The predicted molar refractivity (Wildman–Crippen MR) is 246 cm³/mol. The van der Waals surface area contributed by atoms with Crippen LogP contribution in [-0.2, 0) is 9.59 Å². The van der Waals surface area contributed by atoms with Gasteiger partial charge in [-0.05, 0) is 87.6 Å². The number of piperidine rings is 2. The number of allylic oxidation sites excluding steroid dienone is 3. The number of carbonyl (C=O) groups is 2. The molecule has 3 atom stereocenters. The molecule has 13 heteroatoms. The van der Waals surface area contributed by atoms with Gasteiger partial charge in [-0.3, -0.25) is 25.2 Å². The van der Waals surface area contributed by atoms with Gasteiger partial charge in [0.25, 0.3) is 0 Å². The molecular formula is C48H73CsFN7O4. The minimum Gasteiger partial charge on any atom is -0.504 e. The first kappa shape index (κ1) is 56.0. The Bertz CT molecular complexity index is 1770. The molecule has 0 aromatic heterocycles. The summed E-state index contributed by atoms with van der Waals surface area (Å²) < 4.78 is 18.9. The summed E-state index contributed by atoms with van der Waals surface area (Å²) in [6.45, 7) is 9.53. The van der Waals surface area contributed by atoms with Crippen molar-refractivity contribution in [3.63, 3.8) is 0 Å². The quantitative estimate of drug-likeness (QED) is 0.0775. The molecule has 0 radical (unpaired) electrons. The number of para-hydroxylation sites is 3. The van der Waals surface area contributed by atoms with E-state index in [9.17, 15) is 19.1 Å². The Morgan fingerprint density at radius 2 is 1.57 bits per heavy atom. The molecule has 1 aliphatic carbocycles. The van der Waals surface area contributed by atoms with Gasteiger partial charge in [-0.2, -0.15) is 0 Å². The van der Waals surface area contributed by atoms with E-state index in [4.69, 9.17) is 21.6 Å². The van der Waals surface area contributed by atoms with E-state index in [-0.39, 0.29) is 119 Å². The molecule has 0 bridgehead atoms. The third-order valence-corrected chi connectivity index (χ3v) is 11.2. The summed E-state index contributed by atoms with van der Waals surface area (Å²) in [5.74, 6) is -1.09. The number of phenolic OH excluding ortho intramolecular Hbond substituents is 1. The Labute approximate surface area is 425 Å². The van der Waals surface area contributed by atoms with Crippen LogP contribution in [-0.4, -0.2) is 65.5 Å². The van der Waals surface area contributed by atoms with Crippen LogP contribution in [0.1, 0.15) is 124 Å². The van der Waals surface area contributed by atoms with Crippen LogP contribution in [0.2, 0.25) is 0 Å². The van der Waals surface area contributed by atoms with Gasteiger partial charge in [0, 0.05) is 47.2 Å². The number of carbonyl (C=O) groups excluding carboxylic acids is 2. The van der Waals surface area contributed by atoms with Gasteiger partial charge in [-0.15, -0.1) is 0 Å². The molecular weight excluding hydrogens is 890 g/mol. The molecule has 332 valence electrons. The van der Waals surface area contributed by atoms with Crippen molar-refractivity contribution in [2.75, 3.05) is 24.6 Å². The number of amides is 2. The zero-order valence-electron chi connectivity index (χ0n) is 36.8. The van der Waals surface area contributed by atoms with Crippen molar-refractivity contribution in [2.24, 2.45) is 11.5 Å². The van der Waals surface area contributed by atoms with Crippen LogP contribution >= 0.6 is 0 Å². The number of ether oxygens (including phenoxy) is 1. The fourth-order valence-electron chi connectivity index (χ4n) is 8.12. The summed E-state index contributed by atoms with van der Waals surface area (Å²) in [5.41, 5.74) is 13.6. The number of fused-ring (bicyclic) bond motifs is 1. The molecule has 5 aliphatic rings. The van der Waals surface area contributed by atoms with Crippen molar-refractivity contribution in [3.05, 3.63) is 103 Å². The number of aromatic hydroxyl groups is 1. The molecule has 61 heavy (non-hydrogen) atoms. The smallest absolute Gasteiger partial charge is 0.504 e. The number of nitrogens with one attached hydrogen (secondary N) is 3. The van der Waals surface area contributed by atoms with Crippen LogP contribution in [0.4, 0.5) is 10.1 Å². The predicted octanol–water partition coefficient (Wildman–Crippen LogP) is 6.26. The summed E-state index contributed by atoms with van der Waals surface area (Å²) in [6, 6.07) is 13.2.